The van der Waals surface area contributed by atoms with E-state index in [1.54, 1.807) is 54.6 Å². The van der Waals surface area contributed by atoms with Gasteiger partial charge in [-0.1, -0.05) is 48.0 Å². The highest BCUT2D eigenvalue weighted by Crippen LogP contribution is 2.39. The molecule has 3 aliphatic heterocycles. The summed E-state index contributed by atoms with van der Waals surface area (Å²) in [5.41, 5.74) is 0.648. The van der Waals surface area contributed by atoms with Crippen LogP contribution in [0.4, 0.5) is 10.5 Å². The number of piperidine rings is 1. The second-order valence-corrected chi connectivity index (χ2v) is 10.9. The van der Waals surface area contributed by atoms with Gasteiger partial charge in [0.05, 0.1) is 5.69 Å². The molecule has 2 bridgehead atoms. The SMILES string of the molecule is O=C1NC(=O)[C@@](Cc2ccc(Cl)cc2)(CN2C[C@@H]3C[C@@H](C2)c2cccc(=O)n2C3)C(=O)N1c1ccccc1. The normalized spacial score (nSPS) is 25.2. The Hall–Kier alpha value is -3.75. The van der Waals surface area contributed by atoms with Crippen molar-refractivity contribution in [2.75, 3.05) is 24.5 Å². The standard InChI is InChI=1S/C29H27ClN4O4/c30-22-11-9-19(10-12-22)14-29(26(36)31-28(38)34(27(29)37)23-5-2-1-3-6-23)18-32-15-20-13-21(17-32)24-7-4-8-25(35)33(24)16-20/h1-12,20-21H,13-18H2,(H,31,36,38)/t20-,21-,29+/m0/s1. The number of anilines is 1. The smallest absolute Gasteiger partial charge is 0.312 e. The molecule has 38 heavy (non-hydrogen) atoms. The van der Waals surface area contributed by atoms with Crippen molar-refractivity contribution in [1.82, 2.24) is 14.8 Å². The van der Waals surface area contributed by atoms with E-state index in [4.69, 9.17) is 11.6 Å². The summed E-state index contributed by atoms with van der Waals surface area (Å²) in [5.74, 6) is -0.790. The fraction of sp³-hybridized carbons (Fsp3) is 0.310. The van der Waals surface area contributed by atoms with Crippen molar-refractivity contribution in [3.8, 4) is 0 Å². The molecule has 1 aromatic heterocycles. The van der Waals surface area contributed by atoms with Crippen LogP contribution in [0.5, 0.6) is 0 Å². The van der Waals surface area contributed by atoms with Crippen molar-refractivity contribution in [3.63, 3.8) is 0 Å². The van der Waals surface area contributed by atoms with E-state index in [1.165, 1.54) is 0 Å². The van der Waals surface area contributed by atoms with Gasteiger partial charge in [0.2, 0.25) is 5.91 Å². The summed E-state index contributed by atoms with van der Waals surface area (Å²) >= 11 is 6.10. The van der Waals surface area contributed by atoms with Crippen LogP contribution in [0.2, 0.25) is 5.02 Å². The average molecular weight is 531 g/mol. The van der Waals surface area contributed by atoms with Gasteiger partial charge in [-0.2, -0.15) is 0 Å². The zero-order chi connectivity index (χ0) is 26.4. The Labute approximate surface area is 224 Å². The molecule has 0 saturated carbocycles. The van der Waals surface area contributed by atoms with Gasteiger partial charge in [0, 0.05) is 48.9 Å². The molecule has 3 aliphatic rings. The van der Waals surface area contributed by atoms with Crippen LogP contribution < -0.4 is 15.8 Å². The number of carbonyl (C=O) groups excluding carboxylic acids is 3. The summed E-state index contributed by atoms with van der Waals surface area (Å²) < 4.78 is 1.86. The van der Waals surface area contributed by atoms with Gasteiger partial charge in [-0.3, -0.25) is 19.7 Å². The summed E-state index contributed by atoms with van der Waals surface area (Å²) in [4.78, 5) is 56.6. The summed E-state index contributed by atoms with van der Waals surface area (Å²) in [6, 6.07) is 20.4. The van der Waals surface area contributed by atoms with Crippen LogP contribution in [-0.4, -0.2) is 46.9 Å². The Balaban J connectivity index is 1.38. The van der Waals surface area contributed by atoms with E-state index in [9.17, 15) is 19.2 Å². The van der Waals surface area contributed by atoms with Crippen molar-refractivity contribution in [2.45, 2.75) is 25.3 Å². The lowest BCUT2D eigenvalue weighted by Crippen LogP contribution is -2.68. The van der Waals surface area contributed by atoms with Crippen LogP contribution in [-0.2, 0) is 22.6 Å². The van der Waals surface area contributed by atoms with E-state index < -0.39 is 23.3 Å². The zero-order valence-corrected chi connectivity index (χ0v) is 21.4. The second kappa shape index (κ2) is 9.53. The largest absolute Gasteiger partial charge is 0.335 e. The molecular weight excluding hydrogens is 504 g/mol. The monoisotopic (exact) mass is 530 g/mol. The van der Waals surface area contributed by atoms with Gasteiger partial charge in [0.1, 0.15) is 5.41 Å². The number of fused-ring (bicyclic) bond motifs is 4. The number of barbiturate groups is 1. The van der Waals surface area contributed by atoms with E-state index in [2.05, 4.69) is 10.2 Å². The summed E-state index contributed by atoms with van der Waals surface area (Å²) in [6.07, 6.45) is 1.08. The summed E-state index contributed by atoms with van der Waals surface area (Å²) in [7, 11) is 0. The lowest BCUT2D eigenvalue weighted by Gasteiger charge is -2.47. The first-order chi connectivity index (χ1) is 18.3. The highest BCUT2D eigenvalue weighted by atomic mass is 35.5. The van der Waals surface area contributed by atoms with Gasteiger partial charge >= 0.3 is 6.03 Å². The highest BCUT2D eigenvalue weighted by molar-refractivity contribution is 6.31. The number of halogens is 1. The number of amides is 4. The fourth-order valence-corrected chi connectivity index (χ4v) is 6.42. The second-order valence-electron chi connectivity index (χ2n) is 10.5. The van der Waals surface area contributed by atoms with Crippen molar-refractivity contribution in [1.29, 1.82) is 0 Å². The topological polar surface area (TPSA) is 91.7 Å². The minimum absolute atomic E-state index is 0.00344. The molecule has 0 spiro atoms. The van der Waals surface area contributed by atoms with Gasteiger partial charge in [-0.05, 0) is 54.7 Å². The molecular formula is C29H27ClN4O4. The lowest BCUT2D eigenvalue weighted by atomic mass is 9.75. The molecule has 194 valence electrons. The Kier molecular flexibility index (Phi) is 6.16. The van der Waals surface area contributed by atoms with E-state index >= 15 is 0 Å². The number of imide groups is 2. The molecule has 4 amide bonds. The Morgan fingerprint density at radius 1 is 0.868 bits per heavy atom. The number of pyridine rings is 1. The molecule has 1 N–H and O–H groups in total. The minimum Gasteiger partial charge on any atom is -0.312 e. The number of nitrogens with zero attached hydrogens (tertiary/aromatic N) is 3. The van der Waals surface area contributed by atoms with E-state index in [1.807, 2.05) is 22.8 Å². The molecule has 2 fully saturated rings. The molecule has 0 radical (unpaired) electrons. The Morgan fingerprint density at radius 3 is 2.39 bits per heavy atom. The van der Waals surface area contributed by atoms with Crippen molar-refractivity contribution in [3.05, 3.63) is 99.4 Å². The number of nitrogens with one attached hydrogen (secondary N) is 1. The first kappa shape index (κ1) is 24.6. The number of benzene rings is 2. The van der Waals surface area contributed by atoms with Crippen LogP contribution in [0, 0.1) is 11.3 Å². The highest BCUT2D eigenvalue weighted by Gasteiger charge is 2.55. The number of hydrogen-bond donors (Lipinski definition) is 1. The molecule has 0 aliphatic carbocycles. The number of urea groups is 1. The first-order valence-corrected chi connectivity index (χ1v) is 13.1. The van der Waals surface area contributed by atoms with E-state index in [0.717, 1.165) is 22.6 Å². The molecule has 3 atom stereocenters. The van der Waals surface area contributed by atoms with Gasteiger partial charge in [-0.15, -0.1) is 0 Å². The lowest BCUT2D eigenvalue weighted by molar-refractivity contribution is -0.144. The number of hydrogen-bond acceptors (Lipinski definition) is 5. The van der Waals surface area contributed by atoms with Crippen LogP contribution >= 0.6 is 11.6 Å². The molecule has 9 heteroatoms. The maximum absolute atomic E-state index is 14.2. The maximum Gasteiger partial charge on any atom is 0.335 e. The van der Waals surface area contributed by atoms with E-state index in [-0.39, 0.29) is 30.4 Å². The number of para-hydroxylation sites is 1. The third kappa shape index (κ3) is 4.23. The number of carbonyl (C=O) groups is 3. The predicted octanol–water partition coefficient (Wildman–Crippen LogP) is 3.43. The molecule has 4 heterocycles. The van der Waals surface area contributed by atoms with Crippen molar-refractivity contribution >= 4 is 35.1 Å². The van der Waals surface area contributed by atoms with Gasteiger partial charge in [0.25, 0.3) is 11.5 Å². The Morgan fingerprint density at radius 2 is 1.63 bits per heavy atom. The average Bonchev–Trinajstić information content (AvgIpc) is 2.90. The van der Waals surface area contributed by atoms with E-state index in [0.29, 0.717) is 30.3 Å². The van der Waals surface area contributed by atoms with Gasteiger partial charge in [0.15, 0.2) is 0 Å². The molecule has 6 rings (SSSR count). The minimum atomic E-state index is -1.53. The molecule has 8 nitrogen and oxygen atoms in total. The third-order valence-corrected chi connectivity index (χ3v) is 8.21. The maximum atomic E-state index is 14.2. The summed E-state index contributed by atoms with van der Waals surface area (Å²) in [6.45, 7) is 2.03. The van der Waals surface area contributed by atoms with Crippen LogP contribution in [0.1, 0.15) is 23.6 Å². The number of rotatable bonds is 5. The molecule has 2 aromatic carbocycles. The Bertz CT molecular complexity index is 1470. The van der Waals surface area contributed by atoms with Crippen LogP contribution in [0.25, 0.3) is 0 Å². The number of likely N-dealkylation sites (tertiary alicyclic amines) is 1. The van der Waals surface area contributed by atoms with Crippen molar-refractivity contribution in [2.24, 2.45) is 11.3 Å². The van der Waals surface area contributed by atoms with Crippen LogP contribution in [0.15, 0.2) is 77.6 Å². The van der Waals surface area contributed by atoms with Crippen LogP contribution in [0.3, 0.4) is 0 Å². The third-order valence-electron chi connectivity index (χ3n) is 7.95. The van der Waals surface area contributed by atoms with Gasteiger partial charge in [-0.25, -0.2) is 9.69 Å². The van der Waals surface area contributed by atoms with Crippen molar-refractivity contribution < 1.29 is 14.4 Å². The quantitative estimate of drug-likeness (QED) is 0.510. The first-order valence-electron chi connectivity index (χ1n) is 12.8. The summed E-state index contributed by atoms with van der Waals surface area (Å²) in [5, 5.41) is 3.03. The molecule has 3 aromatic rings. The fourth-order valence-electron chi connectivity index (χ4n) is 6.30. The molecule has 0 unspecified atom stereocenters. The van der Waals surface area contributed by atoms with Gasteiger partial charge < -0.3 is 9.47 Å². The predicted molar refractivity (Wildman–Crippen MR) is 143 cm³/mol. The number of aromatic nitrogens is 1. The molecule has 2 saturated heterocycles. The zero-order valence-electron chi connectivity index (χ0n) is 20.7.